The molecule has 2 nitrogen and oxygen atoms in total. The average molecular weight is 236 g/mol. The van der Waals surface area contributed by atoms with Crippen molar-refractivity contribution in [2.75, 3.05) is 7.05 Å². The number of benzene rings is 1. The predicted octanol–water partition coefficient (Wildman–Crippen LogP) is 3.76. The summed E-state index contributed by atoms with van der Waals surface area (Å²) in [6.07, 6.45) is 2.59. The summed E-state index contributed by atoms with van der Waals surface area (Å²) in [4.78, 5) is 0. The minimum Gasteiger partial charge on any atom is -0.459 e. The van der Waals surface area contributed by atoms with Crippen LogP contribution in [0.15, 0.2) is 28.7 Å². The molecule has 1 unspecified atom stereocenters. The molecule has 1 atom stereocenters. The second-order valence-electron chi connectivity index (χ2n) is 4.43. The van der Waals surface area contributed by atoms with Crippen LogP contribution in [-0.4, -0.2) is 7.05 Å². The quantitative estimate of drug-likeness (QED) is 0.877. The number of hydrogen-bond acceptors (Lipinski definition) is 2. The number of rotatable bonds is 3. The van der Waals surface area contributed by atoms with Crippen LogP contribution in [0, 0.1) is 5.92 Å². The summed E-state index contributed by atoms with van der Waals surface area (Å²) in [6.45, 7) is 0. The third kappa shape index (κ3) is 1.72. The molecule has 0 radical (unpaired) electrons. The third-order valence-electron chi connectivity index (χ3n) is 3.21. The Hall–Kier alpha value is -0.990. The Morgan fingerprint density at radius 1 is 1.38 bits per heavy atom. The molecule has 2 aromatic rings. The van der Waals surface area contributed by atoms with Crippen molar-refractivity contribution in [3.63, 3.8) is 0 Å². The first-order valence-corrected chi connectivity index (χ1v) is 6.02. The van der Waals surface area contributed by atoms with Crippen molar-refractivity contribution in [2.24, 2.45) is 5.92 Å². The Bertz CT molecular complexity index is 516. The molecule has 1 aliphatic carbocycles. The lowest BCUT2D eigenvalue weighted by atomic mass is 10.1. The maximum Gasteiger partial charge on any atom is 0.134 e. The molecule has 3 heteroatoms. The highest BCUT2D eigenvalue weighted by atomic mass is 35.5. The molecule has 1 aromatic carbocycles. The zero-order valence-electron chi connectivity index (χ0n) is 9.16. The second-order valence-corrected chi connectivity index (χ2v) is 4.87. The molecule has 3 rings (SSSR count). The van der Waals surface area contributed by atoms with Crippen LogP contribution < -0.4 is 5.32 Å². The van der Waals surface area contributed by atoms with Gasteiger partial charge in [0.05, 0.1) is 6.04 Å². The minimum atomic E-state index is 0.353. The summed E-state index contributed by atoms with van der Waals surface area (Å²) in [5.74, 6) is 1.77. The summed E-state index contributed by atoms with van der Waals surface area (Å²) in [6, 6.07) is 8.19. The van der Waals surface area contributed by atoms with Crippen molar-refractivity contribution in [2.45, 2.75) is 18.9 Å². The van der Waals surface area contributed by atoms with E-state index in [0.29, 0.717) is 6.04 Å². The lowest BCUT2D eigenvalue weighted by Crippen LogP contribution is -2.17. The average Bonchev–Trinajstić information content (AvgIpc) is 2.99. The van der Waals surface area contributed by atoms with Gasteiger partial charge in [0.25, 0.3) is 0 Å². The highest BCUT2D eigenvalue weighted by Gasteiger charge is 2.33. The summed E-state index contributed by atoms with van der Waals surface area (Å²) >= 11 is 5.96. The van der Waals surface area contributed by atoms with Gasteiger partial charge >= 0.3 is 0 Å². The Labute approximate surface area is 99.6 Å². The highest BCUT2D eigenvalue weighted by Crippen LogP contribution is 2.42. The molecule has 1 fully saturated rings. The summed E-state index contributed by atoms with van der Waals surface area (Å²) in [5, 5.41) is 5.17. The molecule has 0 saturated heterocycles. The van der Waals surface area contributed by atoms with Crippen LogP contribution in [0.1, 0.15) is 24.6 Å². The van der Waals surface area contributed by atoms with Gasteiger partial charge in [0.2, 0.25) is 0 Å². The van der Waals surface area contributed by atoms with Gasteiger partial charge in [0, 0.05) is 10.4 Å². The largest absolute Gasteiger partial charge is 0.459 e. The van der Waals surface area contributed by atoms with E-state index in [1.807, 2.05) is 25.2 Å². The number of fused-ring (bicyclic) bond motifs is 1. The van der Waals surface area contributed by atoms with E-state index in [2.05, 4.69) is 11.4 Å². The van der Waals surface area contributed by atoms with Crippen molar-refractivity contribution in [3.05, 3.63) is 35.0 Å². The lowest BCUT2D eigenvalue weighted by molar-refractivity contribution is 0.419. The van der Waals surface area contributed by atoms with Gasteiger partial charge in [0.1, 0.15) is 11.3 Å². The SMILES string of the molecule is CNC(c1cc2cc(Cl)ccc2o1)C1CC1. The minimum absolute atomic E-state index is 0.353. The van der Waals surface area contributed by atoms with Crippen LogP contribution in [-0.2, 0) is 0 Å². The zero-order valence-corrected chi connectivity index (χ0v) is 9.92. The molecule has 84 valence electrons. The Morgan fingerprint density at radius 3 is 2.88 bits per heavy atom. The van der Waals surface area contributed by atoms with E-state index in [1.165, 1.54) is 12.8 Å². The van der Waals surface area contributed by atoms with Crippen molar-refractivity contribution in [1.82, 2.24) is 5.32 Å². The van der Waals surface area contributed by atoms with Crippen LogP contribution in [0.3, 0.4) is 0 Å². The van der Waals surface area contributed by atoms with Gasteiger partial charge in [-0.1, -0.05) is 11.6 Å². The van der Waals surface area contributed by atoms with Gasteiger partial charge in [-0.2, -0.15) is 0 Å². The van der Waals surface area contributed by atoms with Gasteiger partial charge in [-0.05, 0) is 50.1 Å². The molecule has 1 N–H and O–H groups in total. The van der Waals surface area contributed by atoms with E-state index in [0.717, 1.165) is 27.7 Å². The molecule has 0 bridgehead atoms. The fourth-order valence-electron chi connectivity index (χ4n) is 2.23. The van der Waals surface area contributed by atoms with Crippen LogP contribution in [0.2, 0.25) is 5.02 Å². The maximum atomic E-state index is 5.96. The van der Waals surface area contributed by atoms with E-state index < -0.39 is 0 Å². The van der Waals surface area contributed by atoms with Gasteiger partial charge in [-0.15, -0.1) is 0 Å². The molecule has 1 aliphatic rings. The third-order valence-corrected chi connectivity index (χ3v) is 3.44. The fourth-order valence-corrected chi connectivity index (χ4v) is 2.41. The van der Waals surface area contributed by atoms with Crippen molar-refractivity contribution in [1.29, 1.82) is 0 Å². The zero-order chi connectivity index (χ0) is 11.1. The van der Waals surface area contributed by atoms with E-state index in [4.69, 9.17) is 16.0 Å². The van der Waals surface area contributed by atoms with Crippen LogP contribution in [0.5, 0.6) is 0 Å². The van der Waals surface area contributed by atoms with Gasteiger partial charge < -0.3 is 9.73 Å². The normalized spacial score (nSPS) is 17.9. The van der Waals surface area contributed by atoms with Gasteiger partial charge in [0.15, 0.2) is 0 Å². The summed E-state index contributed by atoms with van der Waals surface area (Å²) in [5.41, 5.74) is 0.917. The van der Waals surface area contributed by atoms with E-state index in [1.54, 1.807) is 0 Å². The molecule has 1 heterocycles. The molecule has 1 aromatic heterocycles. The molecule has 0 aliphatic heterocycles. The van der Waals surface area contributed by atoms with E-state index in [9.17, 15) is 0 Å². The van der Waals surface area contributed by atoms with Crippen LogP contribution in [0.4, 0.5) is 0 Å². The van der Waals surface area contributed by atoms with Gasteiger partial charge in [-0.25, -0.2) is 0 Å². The van der Waals surface area contributed by atoms with Crippen molar-refractivity contribution < 1.29 is 4.42 Å². The molecule has 0 amide bonds. The maximum absolute atomic E-state index is 5.96. The van der Waals surface area contributed by atoms with E-state index in [-0.39, 0.29) is 0 Å². The molecular weight excluding hydrogens is 222 g/mol. The molecule has 16 heavy (non-hydrogen) atoms. The fraction of sp³-hybridized carbons (Fsp3) is 0.385. The van der Waals surface area contributed by atoms with Crippen LogP contribution >= 0.6 is 11.6 Å². The molecular formula is C13H14ClNO. The molecule has 1 saturated carbocycles. The second kappa shape index (κ2) is 3.79. The first-order chi connectivity index (χ1) is 7.78. The highest BCUT2D eigenvalue weighted by molar-refractivity contribution is 6.31. The van der Waals surface area contributed by atoms with E-state index >= 15 is 0 Å². The number of furan rings is 1. The standard InChI is InChI=1S/C13H14ClNO/c1-15-13(8-2-3-8)12-7-9-6-10(14)4-5-11(9)16-12/h4-8,13,15H,2-3H2,1H3. The lowest BCUT2D eigenvalue weighted by Gasteiger charge is -2.11. The summed E-state index contributed by atoms with van der Waals surface area (Å²) in [7, 11) is 1.99. The first-order valence-electron chi connectivity index (χ1n) is 5.64. The number of nitrogens with one attached hydrogen (secondary N) is 1. The topological polar surface area (TPSA) is 25.2 Å². The smallest absolute Gasteiger partial charge is 0.134 e. The Kier molecular flexibility index (Phi) is 2.41. The Morgan fingerprint density at radius 2 is 2.19 bits per heavy atom. The van der Waals surface area contributed by atoms with Crippen molar-refractivity contribution in [3.8, 4) is 0 Å². The number of hydrogen-bond donors (Lipinski definition) is 1. The van der Waals surface area contributed by atoms with Gasteiger partial charge in [-0.3, -0.25) is 0 Å². The Balaban J connectivity index is 2.03. The monoisotopic (exact) mass is 235 g/mol. The predicted molar refractivity (Wildman–Crippen MR) is 65.7 cm³/mol. The first kappa shape index (κ1) is 10.2. The van der Waals surface area contributed by atoms with Crippen molar-refractivity contribution >= 4 is 22.6 Å². The summed E-state index contributed by atoms with van der Waals surface area (Å²) < 4.78 is 5.86. The number of halogens is 1. The molecule has 0 spiro atoms. The van der Waals surface area contributed by atoms with Crippen LogP contribution in [0.25, 0.3) is 11.0 Å².